The fraction of sp³-hybridized carbons (Fsp3) is 0.625. The third-order valence-corrected chi connectivity index (χ3v) is 2.31. The number of rotatable bonds is 2. The Hall–Kier alpha value is -0.750. The number of aliphatic hydroxyl groups is 1. The van der Waals surface area contributed by atoms with Crippen LogP contribution in [0.1, 0.15) is 18.2 Å². The van der Waals surface area contributed by atoms with Crippen LogP contribution < -0.4 is 0 Å². The Labute approximate surface area is 89.5 Å². The summed E-state index contributed by atoms with van der Waals surface area (Å²) in [5.74, 6) is 0. The quantitative estimate of drug-likeness (QED) is 0.862. The van der Waals surface area contributed by atoms with Crippen molar-refractivity contribution in [1.29, 1.82) is 0 Å². The van der Waals surface area contributed by atoms with Crippen molar-refractivity contribution in [1.82, 2.24) is 9.78 Å². The summed E-state index contributed by atoms with van der Waals surface area (Å²) in [4.78, 5) is 0. The Morgan fingerprint density at radius 1 is 1.53 bits per heavy atom. The molecular weight excluding hydrogens is 233 g/mol. The maximum absolute atomic E-state index is 12.5. The first-order valence-electron chi connectivity index (χ1n) is 4.20. The molecule has 0 radical (unpaired) electrons. The predicted octanol–water partition coefficient (Wildman–Crippen LogP) is 2.02. The van der Waals surface area contributed by atoms with Crippen molar-refractivity contribution < 1.29 is 18.3 Å². The molecule has 1 unspecified atom stereocenters. The lowest BCUT2D eigenvalue weighted by Crippen LogP contribution is -2.13. The van der Waals surface area contributed by atoms with E-state index in [4.69, 9.17) is 16.7 Å². The van der Waals surface area contributed by atoms with Crippen LogP contribution in [-0.2, 0) is 19.6 Å². The maximum Gasteiger partial charge on any atom is 0.435 e. The summed E-state index contributed by atoms with van der Waals surface area (Å²) in [5, 5.41) is 12.3. The van der Waals surface area contributed by atoms with Gasteiger partial charge in [-0.2, -0.15) is 18.3 Å². The number of hydrogen-bond acceptors (Lipinski definition) is 2. The van der Waals surface area contributed by atoms with Crippen molar-refractivity contribution in [3.8, 4) is 0 Å². The minimum atomic E-state index is -4.55. The summed E-state index contributed by atoms with van der Waals surface area (Å²) in [5.41, 5.74) is -1.20. The Kier molecular flexibility index (Phi) is 3.30. The molecule has 0 fully saturated rings. The zero-order valence-electron chi connectivity index (χ0n) is 8.14. The molecule has 0 spiro atoms. The van der Waals surface area contributed by atoms with Crippen LogP contribution in [0, 0.1) is 0 Å². The number of nitrogens with zero attached hydrogens (tertiary/aromatic N) is 2. The topological polar surface area (TPSA) is 38.1 Å². The molecule has 1 aromatic heterocycles. The summed E-state index contributed by atoms with van der Waals surface area (Å²) in [6.45, 7) is 1.39. The van der Waals surface area contributed by atoms with E-state index < -0.39 is 18.0 Å². The molecule has 1 N–H and O–H groups in total. The van der Waals surface area contributed by atoms with Gasteiger partial charge in [0.25, 0.3) is 0 Å². The molecule has 3 nitrogen and oxygen atoms in total. The molecule has 0 aromatic carbocycles. The van der Waals surface area contributed by atoms with Gasteiger partial charge in [0.1, 0.15) is 5.15 Å². The number of halogens is 4. The van der Waals surface area contributed by atoms with Gasteiger partial charge in [0.15, 0.2) is 5.69 Å². The summed E-state index contributed by atoms with van der Waals surface area (Å²) in [7, 11) is 1.32. The van der Waals surface area contributed by atoms with Crippen LogP contribution in [0.4, 0.5) is 13.2 Å². The highest BCUT2D eigenvalue weighted by atomic mass is 35.5. The molecule has 7 heteroatoms. The van der Waals surface area contributed by atoms with E-state index in [0.717, 1.165) is 4.68 Å². The molecule has 0 aliphatic carbocycles. The minimum absolute atomic E-state index is 0.0942. The molecule has 86 valence electrons. The van der Waals surface area contributed by atoms with Crippen LogP contribution in [0.3, 0.4) is 0 Å². The molecule has 0 aliphatic heterocycles. The third-order valence-electron chi connectivity index (χ3n) is 1.84. The van der Waals surface area contributed by atoms with Crippen LogP contribution in [0.5, 0.6) is 0 Å². The van der Waals surface area contributed by atoms with Gasteiger partial charge in [0, 0.05) is 19.0 Å². The first-order valence-corrected chi connectivity index (χ1v) is 4.58. The van der Waals surface area contributed by atoms with E-state index in [1.54, 1.807) is 0 Å². The molecule has 0 saturated heterocycles. The van der Waals surface area contributed by atoms with Gasteiger partial charge in [-0.3, -0.25) is 4.68 Å². The van der Waals surface area contributed by atoms with Gasteiger partial charge >= 0.3 is 6.18 Å². The van der Waals surface area contributed by atoms with Crippen LogP contribution in [0.2, 0.25) is 5.15 Å². The summed E-state index contributed by atoms with van der Waals surface area (Å²) in [6.07, 6.45) is -5.61. The standard InChI is InChI=1S/C8H10ClF3N2O/c1-4(15)3-5-6(8(10,11)12)13-14(2)7(5)9/h4,15H,3H2,1-2H3. The van der Waals surface area contributed by atoms with Crippen LogP contribution >= 0.6 is 11.6 Å². The van der Waals surface area contributed by atoms with Crippen molar-refractivity contribution in [2.75, 3.05) is 0 Å². The molecule has 0 saturated carbocycles. The van der Waals surface area contributed by atoms with E-state index in [1.807, 2.05) is 0 Å². The monoisotopic (exact) mass is 242 g/mol. The lowest BCUT2D eigenvalue weighted by atomic mass is 10.1. The van der Waals surface area contributed by atoms with Crippen LogP contribution in [-0.4, -0.2) is 21.0 Å². The van der Waals surface area contributed by atoms with E-state index in [-0.39, 0.29) is 17.1 Å². The minimum Gasteiger partial charge on any atom is -0.393 e. The van der Waals surface area contributed by atoms with Gasteiger partial charge in [0.2, 0.25) is 0 Å². The number of aryl methyl sites for hydroxylation is 1. The SMILES string of the molecule is CC(O)Cc1c(C(F)(F)F)nn(C)c1Cl. The Morgan fingerprint density at radius 3 is 2.47 bits per heavy atom. The van der Waals surface area contributed by atoms with Gasteiger partial charge in [-0.05, 0) is 6.92 Å². The number of alkyl halides is 3. The van der Waals surface area contributed by atoms with Gasteiger partial charge in [-0.25, -0.2) is 0 Å². The fourth-order valence-corrected chi connectivity index (χ4v) is 1.46. The third kappa shape index (κ3) is 2.63. The highest BCUT2D eigenvalue weighted by Crippen LogP contribution is 2.34. The lowest BCUT2D eigenvalue weighted by molar-refractivity contribution is -0.142. The summed E-state index contributed by atoms with van der Waals surface area (Å²) in [6, 6.07) is 0. The molecule has 1 aromatic rings. The highest BCUT2D eigenvalue weighted by molar-refractivity contribution is 6.30. The second-order valence-electron chi connectivity index (χ2n) is 3.29. The highest BCUT2D eigenvalue weighted by Gasteiger charge is 2.38. The van der Waals surface area contributed by atoms with Gasteiger partial charge in [-0.1, -0.05) is 11.6 Å². The first kappa shape index (κ1) is 12.3. The smallest absolute Gasteiger partial charge is 0.393 e. The van der Waals surface area contributed by atoms with Crippen LogP contribution in [0.15, 0.2) is 0 Å². The maximum atomic E-state index is 12.5. The average Bonchev–Trinajstić information content (AvgIpc) is 2.30. The molecule has 0 bridgehead atoms. The van der Waals surface area contributed by atoms with E-state index in [0.29, 0.717) is 0 Å². The van der Waals surface area contributed by atoms with E-state index in [9.17, 15) is 13.2 Å². The zero-order valence-corrected chi connectivity index (χ0v) is 8.89. The largest absolute Gasteiger partial charge is 0.435 e. The zero-order chi connectivity index (χ0) is 11.8. The Bertz CT molecular complexity index is 360. The number of hydrogen-bond donors (Lipinski definition) is 1. The second-order valence-corrected chi connectivity index (χ2v) is 3.65. The number of aliphatic hydroxyl groups excluding tert-OH is 1. The van der Waals surface area contributed by atoms with Crippen molar-refractivity contribution in [2.45, 2.75) is 25.6 Å². The van der Waals surface area contributed by atoms with E-state index in [1.165, 1.54) is 14.0 Å². The number of aromatic nitrogens is 2. The molecule has 0 aliphatic rings. The first-order chi connectivity index (χ1) is 6.73. The van der Waals surface area contributed by atoms with Crippen molar-refractivity contribution >= 4 is 11.6 Å². The Morgan fingerprint density at radius 2 is 2.07 bits per heavy atom. The second kappa shape index (κ2) is 4.02. The molecule has 15 heavy (non-hydrogen) atoms. The molecule has 1 atom stereocenters. The average molecular weight is 243 g/mol. The molecular formula is C8H10ClF3N2O. The van der Waals surface area contributed by atoms with E-state index >= 15 is 0 Å². The van der Waals surface area contributed by atoms with Gasteiger partial charge in [0.05, 0.1) is 6.10 Å². The van der Waals surface area contributed by atoms with Gasteiger partial charge in [-0.15, -0.1) is 0 Å². The molecule has 0 amide bonds. The molecule has 1 rings (SSSR count). The predicted molar refractivity (Wildman–Crippen MR) is 48.6 cm³/mol. The van der Waals surface area contributed by atoms with Gasteiger partial charge < -0.3 is 5.11 Å². The van der Waals surface area contributed by atoms with Crippen molar-refractivity contribution in [3.63, 3.8) is 0 Å². The lowest BCUT2D eigenvalue weighted by Gasteiger charge is -2.07. The van der Waals surface area contributed by atoms with Crippen molar-refractivity contribution in [2.24, 2.45) is 7.05 Å². The Balaban J connectivity index is 3.21. The molecule has 1 heterocycles. The van der Waals surface area contributed by atoms with Crippen LogP contribution in [0.25, 0.3) is 0 Å². The van der Waals surface area contributed by atoms with Crippen molar-refractivity contribution in [3.05, 3.63) is 16.4 Å². The van der Waals surface area contributed by atoms with E-state index in [2.05, 4.69) is 5.10 Å². The fourth-order valence-electron chi connectivity index (χ4n) is 1.25. The summed E-state index contributed by atoms with van der Waals surface area (Å²) < 4.78 is 38.4. The normalized spacial score (nSPS) is 14.3. The summed E-state index contributed by atoms with van der Waals surface area (Å²) >= 11 is 5.65.